The van der Waals surface area contributed by atoms with Crippen LogP contribution in [0.25, 0.3) is 11.0 Å². The molecule has 0 aliphatic rings. The molecule has 2 rings (SSSR count). The highest BCUT2D eigenvalue weighted by atomic mass is 16.2. The van der Waals surface area contributed by atoms with E-state index in [1.807, 2.05) is 36.6 Å². The van der Waals surface area contributed by atoms with Crippen molar-refractivity contribution in [2.45, 2.75) is 13.8 Å². The first kappa shape index (κ1) is 12.9. The fraction of sp³-hybridized carbons (Fsp3) is 0.167. The molecule has 1 aromatic heterocycles. The third kappa shape index (κ3) is 2.83. The van der Waals surface area contributed by atoms with Gasteiger partial charge in [0, 0.05) is 6.07 Å². The minimum Gasteiger partial charge on any atom is -0.274 e. The predicted octanol–water partition coefficient (Wildman–Crippen LogP) is 0.254. The van der Waals surface area contributed by atoms with Crippen LogP contribution in [0.3, 0.4) is 0 Å². The fourth-order valence-corrected chi connectivity index (χ4v) is 1.71. The van der Waals surface area contributed by atoms with Crippen LogP contribution in [0.1, 0.15) is 18.3 Å². The van der Waals surface area contributed by atoms with Gasteiger partial charge < -0.3 is 0 Å². The van der Waals surface area contributed by atoms with E-state index in [2.05, 4.69) is 20.5 Å². The largest absolute Gasteiger partial charge is 0.349 e. The number of fused-ring (bicyclic) bond motifs is 1. The Morgan fingerprint density at radius 3 is 2.89 bits per heavy atom. The van der Waals surface area contributed by atoms with E-state index in [1.165, 1.54) is 0 Å². The first-order chi connectivity index (χ1) is 9.11. The molecule has 0 radical (unpaired) electrons. The molecule has 0 fully saturated rings. The third-order valence-electron chi connectivity index (χ3n) is 2.63. The minimum absolute atomic E-state index is 0.578. The summed E-state index contributed by atoms with van der Waals surface area (Å²) in [4.78, 5) is 18.7. The topological polar surface area (TPSA) is 107 Å². The van der Waals surface area contributed by atoms with Gasteiger partial charge in [-0.25, -0.2) is 26.0 Å². The summed E-state index contributed by atoms with van der Waals surface area (Å²) in [6.45, 7) is 3.65. The number of hydrazone groups is 1. The van der Waals surface area contributed by atoms with Crippen LogP contribution in [0.15, 0.2) is 29.4 Å². The number of nitrogens with two attached hydrogens (primary N) is 1. The number of nitrogens with one attached hydrogen (secondary N) is 3. The summed E-state index contributed by atoms with van der Waals surface area (Å²) in [5, 5.41) is 3.94. The number of hydrogen-bond acceptors (Lipinski definition) is 4. The van der Waals surface area contributed by atoms with Crippen molar-refractivity contribution in [2.75, 3.05) is 0 Å². The standard InChI is InChI=1S/C12H14N6O/c1-7-11(8(2)17-18-12(19)16-13)15-10-6-4-3-5-9(10)14-7/h3-6H,13H2,1-2H3,(H2,16,18,19)/p+1. The first-order valence-corrected chi connectivity index (χ1v) is 5.71. The van der Waals surface area contributed by atoms with Crippen molar-refractivity contribution in [3.8, 4) is 0 Å². The van der Waals surface area contributed by atoms with Gasteiger partial charge in [0.2, 0.25) is 11.2 Å². The summed E-state index contributed by atoms with van der Waals surface area (Å²) < 4.78 is 0. The zero-order chi connectivity index (χ0) is 13.8. The number of aromatic amines is 1. The van der Waals surface area contributed by atoms with Crippen LogP contribution in [-0.2, 0) is 0 Å². The van der Waals surface area contributed by atoms with E-state index in [1.54, 1.807) is 6.92 Å². The summed E-state index contributed by atoms with van der Waals surface area (Å²) in [5.74, 6) is 4.95. The second kappa shape index (κ2) is 5.40. The zero-order valence-electron chi connectivity index (χ0n) is 10.7. The molecule has 0 unspecified atom stereocenters. The Bertz CT molecular complexity index is 652. The zero-order valence-corrected chi connectivity index (χ0v) is 10.7. The number of hydrogen-bond donors (Lipinski definition) is 3. The highest BCUT2D eigenvalue weighted by Gasteiger charge is 2.14. The van der Waals surface area contributed by atoms with Crippen molar-refractivity contribution in [1.29, 1.82) is 0 Å². The van der Waals surface area contributed by atoms with Gasteiger partial charge in [0.25, 0.3) is 0 Å². The maximum absolute atomic E-state index is 11.0. The normalized spacial score (nSPS) is 11.4. The second-order valence-corrected chi connectivity index (χ2v) is 4.00. The van der Waals surface area contributed by atoms with Crippen molar-refractivity contribution >= 4 is 22.8 Å². The number of nitrogens with zero attached hydrogens (tertiary/aromatic N) is 2. The number of aromatic nitrogens is 2. The van der Waals surface area contributed by atoms with E-state index >= 15 is 0 Å². The lowest BCUT2D eigenvalue weighted by atomic mass is 10.2. The van der Waals surface area contributed by atoms with Gasteiger partial charge in [-0.2, -0.15) is 5.10 Å². The molecule has 1 heterocycles. The molecule has 1 aromatic carbocycles. The van der Waals surface area contributed by atoms with Crippen molar-refractivity contribution in [3.05, 3.63) is 35.7 Å². The average molecular weight is 259 g/mol. The second-order valence-electron chi connectivity index (χ2n) is 4.00. The lowest BCUT2D eigenvalue weighted by Crippen LogP contribution is -2.38. The molecule has 0 saturated carbocycles. The highest BCUT2D eigenvalue weighted by molar-refractivity contribution is 5.97. The third-order valence-corrected chi connectivity index (χ3v) is 2.63. The Labute approximate surface area is 109 Å². The van der Waals surface area contributed by atoms with Gasteiger partial charge in [0.15, 0.2) is 0 Å². The van der Waals surface area contributed by atoms with E-state index in [0.29, 0.717) is 5.71 Å². The molecule has 2 aromatic rings. The van der Waals surface area contributed by atoms with Crippen LogP contribution in [0.4, 0.5) is 4.79 Å². The number of carbonyl (C=O) groups is 1. The van der Waals surface area contributed by atoms with Crippen LogP contribution in [-0.4, -0.2) is 16.7 Å². The van der Waals surface area contributed by atoms with E-state index in [0.717, 1.165) is 22.4 Å². The maximum atomic E-state index is 11.0. The SMILES string of the molecule is CC(=NNC(=O)NN)c1[nH+]c2ccccc2nc1C. The molecule has 98 valence electrons. The molecule has 7 nitrogen and oxygen atoms in total. The fourth-order valence-electron chi connectivity index (χ4n) is 1.71. The van der Waals surface area contributed by atoms with Gasteiger partial charge in [0.1, 0.15) is 16.9 Å². The van der Waals surface area contributed by atoms with Crippen LogP contribution < -0.4 is 21.7 Å². The summed E-state index contributed by atoms with van der Waals surface area (Å²) >= 11 is 0. The quantitative estimate of drug-likeness (QED) is 0.311. The molecular weight excluding hydrogens is 244 g/mol. The number of hydrazine groups is 1. The molecule has 5 N–H and O–H groups in total. The number of para-hydroxylation sites is 2. The van der Waals surface area contributed by atoms with E-state index < -0.39 is 6.03 Å². The number of H-pyrrole nitrogens is 1. The molecule has 0 aliphatic heterocycles. The molecule has 0 spiro atoms. The monoisotopic (exact) mass is 259 g/mol. The van der Waals surface area contributed by atoms with Crippen LogP contribution in [0, 0.1) is 6.92 Å². The maximum Gasteiger partial charge on any atom is 0.349 e. The molecule has 0 bridgehead atoms. The Hall–Kier alpha value is -2.54. The number of rotatable bonds is 2. The molecule has 19 heavy (non-hydrogen) atoms. The molecule has 2 amide bonds. The van der Waals surface area contributed by atoms with Crippen molar-refractivity contribution < 1.29 is 9.78 Å². The first-order valence-electron chi connectivity index (χ1n) is 5.71. The predicted molar refractivity (Wildman–Crippen MR) is 71.1 cm³/mol. The molecular formula is C12H15N6O+. The minimum atomic E-state index is -0.578. The van der Waals surface area contributed by atoms with Gasteiger partial charge in [-0.1, -0.05) is 12.1 Å². The molecule has 0 atom stereocenters. The number of carbonyl (C=O) groups excluding carboxylic acids is 1. The highest BCUT2D eigenvalue weighted by Crippen LogP contribution is 2.08. The summed E-state index contributed by atoms with van der Waals surface area (Å²) in [6, 6.07) is 7.13. The van der Waals surface area contributed by atoms with Crippen molar-refractivity contribution in [1.82, 2.24) is 15.8 Å². The van der Waals surface area contributed by atoms with Gasteiger partial charge in [-0.05, 0) is 19.9 Å². The molecule has 7 heteroatoms. The molecule has 0 saturated heterocycles. The molecule has 0 aliphatic carbocycles. The smallest absolute Gasteiger partial charge is 0.274 e. The van der Waals surface area contributed by atoms with Crippen molar-refractivity contribution in [2.24, 2.45) is 10.9 Å². The Kier molecular flexibility index (Phi) is 3.67. The Morgan fingerprint density at radius 1 is 1.42 bits per heavy atom. The van der Waals surface area contributed by atoms with Gasteiger partial charge >= 0.3 is 6.03 Å². The van der Waals surface area contributed by atoms with E-state index in [-0.39, 0.29) is 0 Å². The van der Waals surface area contributed by atoms with Crippen molar-refractivity contribution in [3.63, 3.8) is 0 Å². The van der Waals surface area contributed by atoms with Gasteiger partial charge in [0.05, 0.1) is 0 Å². The number of urea groups is 1. The lowest BCUT2D eigenvalue weighted by molar-refractivity contribution is -0.348. The summed E-state index contributed by atoms with van der Waals surface area (Å²) in [5.41, 5.74) is 8.16. The number of benzene rings is 1. The number of amides is 2. The van der Waals surface area contributed by atoms with Gasteiger partial charge in [-0.3, -0.25) is 5.43 Å². The summed E-state index contributed by atoms with van der Waals surface area (Å²) in [7, 11) is 0. The number of aryl methyl sites for hydroxylation is 1. The van der Waals surface area contributed by atoms with E-state index in [9.17, 15) is 4.79 Å². The summed E-state index contributed by atoms with van der Waals surface area (Å²) in [6.07, 6.45) is 0. The Balaban J connectivity index is 2.38. The van der Waals surface area contributed by atoms with Crippen LogP contribution >= 0.6 is 0 Å². The van der Waals surface area contributed by atoms with E-state index in [4.69, 9.17) is 5.84 Å². The van der Waals surface area contributed by atoms with Gasteiger partial charge in [-0.15, -0.1) is 0 Å². The van der Waals surface area contributed by atoms with Crippen LogP contribution in [0.5, 0.6) is 0 Å². The average Bonchev–Trinajstić information content (AvgIpc) is 2.43. The Morgan fingerprint density at radius 2 is 2.16 bits per heavy atom. The van der Waals surface area contributed by atoms with Crippen LogP contribution in [0.2, 0.25) is 0 Å². The lowest BCUT2D eigenvalue weighted by Gasteiger charge is -2.01.